The molecule has 20 heavy (non-hydrogen) atoms. The van der Waals surface area contributed by atoms with Crippen LogP contribution in [0.15, 0.2) is 24.3 Å². The molecule has 0 saturated heterocycles. The van der Waals surface area contributed by atoms with Gasteiger partial charge in [-0.15, -0.1) is 0 Å². The second kappa shape index (κ2) is 7.72. The van der Waals surface area contributed by atoms with Gasteiger partial charge in [0, 0.05) is 18.1 Å². The predicted molar refractivity (Wildman–Crippen MR) is 74.7 cm³/mol. The average molecular weight is 301 g/mol. The van der Waals surface area contributed by atoms with E-state index in [0.29, 0.717) is 5.02 Å². The molecular weight excluding hydrogens is 284 g/mol. The Hall–Kier alpha value is -1.79. The summed E-state index contributed by atoms with van der Waals surface area (Å²) in [6.07, 6.45) is -0.0524. The highest BCUT2D eigenvalue weighted by molar-refractivity contribution is 6.31. The van der Waals surface area contributed by atoms with Gasteiger partial charge >= 0.3 is 12.0 Å². The van der Waals surface area contributed by atoms with Crippen molar-refractivity contribution in [2.24, 2.45) is 0 Å². The fourth-order valence-electron chi connectivity index (χ4n) is 1.69. The highest BCUT2D eigenvalue weighted by Crippen LogP contribution is 2.21. The van der Waals surface area contributed by atoms with E-state index in [9.17, 15) is 9.59 Å². The van der Waals surface area contributed by atoms with Crippen LogP contribution in [0.4, 0.5) is 4.79 Å². The van der Waals surface area contributed by atoms with Crippen molar-refractivity contribution in [2.75, 3.05) is 6.61 Å². The number of aliphatic hydroxyl groups excluding tert-OH is 1. The molecule has 0 heterocycles. The molecular formula is C13H17ClN2O4. The number of carboxylic acid groups (broad SMARTS) is 1. The van der Waals surface area contributed by atoms with Crippen molar-refractivity contribution in [3.63, 3.8) is 0 Å². The van der Waals surface area contributed by atoms with Crippen LogP contribution in [-0.2, 0) is 4.79 Å². The summed E-state index contributed by atoms with van der Waals surface area (Å²) in [5.74, 6) is -1.19. The Morgan fingerprint density at radius 1 is 1.30 bits per heavy atom. The SMILES string of the molecule is CC(NC(=O)N[C@@H](CCO)C(=O)O)c1ccccc1Cl. The van der Waals surface area contributed by atoms with Gasteiger partial charge in [0.2, 0.25) is 0 Å². The van der Waals surface area contributed by atoms with Crippen molar-refractivity contribution < 1.29 is 19.8 Å². The van der Waals surface area contributed by atoms with E-state index in [4.69, 9.17) is 21.8 Å². The molecule has 0 aliphatic rings. The number of carboxylic acids is 1. The Bertz CT molecular complexity index is 481. The maximum Gasteiger partial charge on any atom is 0.326 e. The number of amides is 2. The third kappa shape index (κ3) is 4.71. The highest BCUT2D eigenvalue weighted by Gasteiger charge is 2.20. The van der Waals surface area contributed by atoms with E-state index in [1.165, 1.54) is 0 Å². The van der Waals surface area contributed by atoms with Gasteiger partial charge in [0.15, 0.2) is 0 Å². The van der Waals surface area contributed by atoms with Crippen molar-refractivity contribution in [3.8, 4) is 0 Å². The van der Waals surface area contributed by atoms with E-state index < -0.39 is 18.0 Å². The van der Waals surface area contributed by atoms with Crippen LogP contribution in [0.2, 0.25) is 5.02 Å². The lowest BCUT2D eigenvalue weighted by Gasteiger charge is -2.18. The quantitative estimate of drug-likeness (QED) is 0.640. The number of hydrogen-bond donors (Lipinski definition) is 4. The van der Waals surface area contributed by atoms with Gasteiger partial charge in [-0.05, 0) is 18.6 Å². The largest absolute Gasteiger partial charge is 0.480 e. The number of rotatable bonds is 6. The van der Waals surface area contributed by atoms with Crippen LogP contribution >= 0.6 is 11.6 Å². The van der Waals surface area contributed by atoms with Crippen molar-refractivity contribution in [2.45, 2.75) is 25.4 Å². The first-order valence-electron chi connectivity index (χ1n) is 6.10. The van der Waals surface area contributed by atoms with Gasteiger partial charge in [-0.1, -0.05) is 29.8 Å². The molecule has 0 aliphatic heterocycles. The number of aliphatic hydroxyl groups is 1. The molecule has 0 aliphatic carbocycles. The molecule has 1 aromatic carbocycles. The van der Waals surface area contributed by atoms with Crippen LogP contribution in [0.5, 0.6) is 0 Å². The zero-order valence-electron chi connectivity index (χ0n) is 11.0. The Kier molecular flexibility index (Phi) is 6.27. The van der Waals surface area contributed by atoms with Crippen molar-refractivity contribution in [3.05, 3.63) is 34.9 Å². The smallest absolute Gasteiger partial charge is 0.326 e. The number of carbonyl (C=O) groups is 2. The number of hydrogen-bond acceptors (Lipinski definition) is 3. The number of carbonyl (C=O) groups excluding carboxylic acids is 1. The lowest BCUT2D eigenvalue weighted by Crippen LogP contribution is -2.47. The van der Waals surface area contributed by atoms with Crippen LogP contribution in [0, 0.1) is 0 Å². The normalized spacial score (nSPS) is 13.3. The number of aliphatic carboxylic acids is 1. The van der Waals surface area contributed by atoms with E-state index in [1.54, 1.807) is 31.2 Å². The van der Waals surface area contributed by atoms with E-state index in [2.05, 4.69) is 10.6 Å². The predicted octanol–water partition coefficient (Wildman–Crippen LogP) is 1.54. The van der Waals surface area contributed by atoms with Gasteiger partial charge in [0.1, 0.15) is 6.04 Å². The molecule has 0 spiro atoms. The molecule has 6 nitrogen and oxygen atoms in total. The number of nitrogens with one attached hydrogen (secondary N) is 2. The molecule has 4 N–H and O–H groups in total. The molecule has 2 amide bonds. The molecule has 1 aromatic rings. The standard InChI is InChI=1S/C13H17ClN2O4/c1-8(9-4-2-3-5-10(9)14)15-13(20)16-11(6-7-17)12(18)19/h2-5,8,11,17H,6-7H2,1H3,(H,18,19)(H2,15,16,20)/t8?,11-/m0/s1. The topological polar surface area (TPSA) is 98.7 Å². The zero-order chi connectivity index (χ0) is 15.1. The first kappa shape index (κ1) is 16.3. The van der Waals surface area contributed by atoms with Gasteiger partial charge in [0.25, 0.3) is 0 Å². The Balaban J connectivity index is 2.62. The van der Waals surface area contributed by atoms with Crippen molar-refractivity contribution in [1.29, 1.82) is 0 Å². The van der Waals surface area contributed by atoms with Crippen LogP contribution in [0.25, 0.3) is 0 Å². The van der Waals surface area contributed by atoms with Crippen LogP contribution in [0.1, 0.15) is 24.9 Å². The average Bonchev–Trinajstić information content (AvgIpc) is 2.38. The van der Waals surface area contributed by atoms with Gasteiger partial charge in [0.05, 0.1) is 6.04 Å². The zero-order valence-corrected chi connectivity index (χ0v) is 11.7. The summed E-state index contributed by atoms with van der Waals surface area (Å²) in [5.41, 5.74) is 0.735. The molecule has 0 radical (unpaired) electrons. The Morgan fingerprint density at radius 2 is 1.95 bits per heavy atom. The summed E-state index contributed by atoms with van der Waals surface area (Å²) in [6.45, 7) is 1.42. The fraction of sp³-hybridized carbons (Fsp3) is 0.385. The van der Waals surface area contributed by atoms with Crippen molar-refractivity contribution >= 4 is 23.6 Å². The molecule has 0 fully saturated rings. The van der Waals surface area contributed by atoms with Gasteiger partial charge in [-0.25, -0.2) is 9.59 Å². The Labute approximate surface area is 121 Å². The van der Waals surface area contributed by atoms with E-state index in [1.807, 2.05) is 0 Å². The van der Waals surface area contributed by atoms with Gasteiger partial charge in [-0.3, -0.25) is 0 Å². The van der Waals surface area contributed by atoms with Gasteiger partial charge in [-0.2, -0.15) is 0 Å². The van der Waals surface area contributed by atoms with E-state index >= 15 is 0 Å². The summed E-state index contributed by atoms with van der Waals surface area (Å²) >= 11 is 6.01. The molecule has 1 rings (SSSR count). The van der Waals surface area contributed by atoms with E-state index in [0.717, 1.165) is 5.56 Å². The van der Waals surface area contributed by atoms with Gasteiger partial charge < -0.3 is 20.8 Å². The highest BCUT2D eigenvalue weighted by atomic mass is 35.5. The molecule has 110 valence electrons. The molecule has 7 heteroatoms. The maximum atomic E-state index is 11.7. The van der Waals surface area contributed by atoms with Crippen LogP contribution < -0.4 is 10.6 Å². The molecule has 0 aromatic heterocycles. The number of benzene rings is 1. The fourth-order valence-corrected chi connectivity index (χ4v) is 1.99. The summed E-state index contributed by atoms with van der Waals surface area (Å²) in [5, 5.41) is 23.0. The molecule has 0 saturated carbocycles. The number of urea groups is 1. The first-order chi connectivity index (χ1) is 9.45. The maximum absolute atomic E-state index is 11.7. The summed E-state index contributed by atoms with van der Waals surface area (Å²) in [7, 11) is 0. The summed E-state index contributed by atoms with van der Waals surface area (Å²) < 4.78 is 0. The first-order valence-corrected chi connectivity index (χ1v) is 6.48. The van der Waals surface area contributed by atoms with E-state index in [-0.39, 0.29) is 19.1 Å². The minimum absolute atomic E-state index is 0.0524. The van der Waals surface area contributed by atoms with Crippen molar-refractivity contribution in [1.82, 2.24) is 10.6 Å². The molecule has 1 unspecified atom stereocenters. The number of halogens is 1. The second-order valence-electron chi connectivity index (χ2n) is 4.26. The second-order valence-corrected chi connectivity index (χ2v) is 4.67. The minimum atomic E-state index is -1.19. The third-order valence-corrected chi connectivity index (χ3v) is 3.08. The molecule has 2 atom stereocenters. The monoisotopic (exact) mass is 300 g/mol. The lowest BCUT2D eigenvalue weighted by molar-refractivity contribution is -0.139. The minimum Gasteiger partial charge on any atom is -0.480 e. The lowest BCUT2D eigenvalue weighted by atomic mass is 10.1. The third-order valence-electron chi connectivity index (χ3n) is 2.74. The van der Waals surface area contributed by atoms with Crippen LogP contribution in [-0.4, -0.2) is 34.9 Å². The molecule has 0 bridgehead atoms. The summed E-state index contributed by atoms with van der Waals surface area (Å²) in [6, 6.07) is 4.93. The van der Waals surface area contributed by atoms with Crippen LogP contribution in [0.3, 0.4) is 0 Å². The summed E-state index contributed by atoms with van der Waals surface area (Å²) in [4.78, 5) is 22.6. The Morgan fingerprint density at radius 3 is 2.50 bits per heavy atom.